The Morgan fingerprint density at radius 1 is 1.00 bits per heavy atom. The van der Waals surface area contributed by atoms with Crippen LogP contribution in [-0.2, 0) is 0 Å². The van der Waals surface area contributed by atoms with Crippen molar-refractivity contribution in [1.29, 1.82) is 0 Å². The van der Waals surface area contributed by atoms with E-state index < -0.39 is 5.92 Å². The van der Waals surface area contributed by atoms with Crippen molar-refractivity contribution < 1.29 is 18.3 Å². The molecule has 0 unspecified atom stereocenters. The zero-order valence-corrected chi connectivity index (χ0v) is 20.7. The maximum Gasteiger partial charge on any atom is 0.251 e. The van der Waals surface area contributed by atoms with Crippen LogP contribution in [0.4, 0.5) is 20.5 Å². The second-order valence-electron chi connectivity index (χ2n) is 10.1. The number of likely N-dealkylation sites (tertiary alicyclic amines) is 1. The van der Waals surface area contributed by atoms with Crippen LogP contribution in [0, 0.1) is 0 Å². The molecule has 0 atom stereocenters. The molecular formula is C26H37F2N5O2. The third-order valence-electron chi connectivity index (χ3n) is 7.52. The van der Waals surface area contributed by atoms with Gasteiger partial charge in [0.2, 0.25) is 5.95 Å². The van der Waals surface area contributed by atoms with Gasteiger partial charge < -0.3 is 24.6 Å². The highest BCUT2D eigenvalue weighted by atomic mass is 19.3. The molecule has 35 heavy (non-hydrogen) atoms. The summed E-state index contributed by atoms with van der Waals surface area (Å²) in [5, 5.41) is 4.47. The number of piperidine rings is 1. The Hall–Kier alpha value is -2.42. The summed E-state index contributed by atoms with van der Waals surface area (Å²) >= 11 is 0. The number of rotatable bonds is 9. The van der Waals surface area contributed by atoms with E-state index in [9.17, 15) is 8.78 Å². The maximum absolute atomic E-state index is 13.8. The van der Waals surface area contributed by atoms with Crippen LogP contribution in [0.1, 0.15) is 57.8 Å². The number of anilines is 2. The molecule has 1 aromatic heterocycles. The second kappa shape index (κ2) is 10.7. The third-order valence-corrected chi connectivity index (χ3v) is 7.52. The van der Waals surface area contributed by atoms with Gasteiger partial charge in [-0.15, -0.1) is 0 Å². The number of hydrogen-bond acceptors (Lipinski definition) is 7. The van der Waals surface area contributed by atoms with Gasteiger partial charge in [0.1, 0.15) is 5.82 Å². The topological polar surface area (TPSA) is 62.8 Å². The molecule has 2 aromatic rings. The Balaban J connectivity index is 1.40. The van der Waals surface area contributed by atoms with Gasteiger partial charge in [-0.05, 0) is 51.3 Å². The molecule has 0 bridgehead atoms. The van der Waals surface area contributed by atoms with Crippen LogP contribution in [0.3, 0.4) is 0 Å². The molecule has 0 amide bonds. The van der Waals surface area contributed by atoms with Gasteiger partial charge in [-0.25, -0.2) is 13.8 Å². The zero-order valence-electron chi connectivity index (χ0n) is 20.7. The molecule has 2 saturated heterocycles. The molecule has 7 nitrogen and oxygen atoms in total. The number of fused-ring (bicyclic) bond motifs is 1. The van der Waals surface area contributed by atoms with Gasteiger partial charge >= 0.3 is 0 Å². The molecule has 192 valence electrons. The molecule has 1 aromatic carbocycles. The summed E-state index contributed by atoms with van der Waals surface area (Å²) in [6, 6.07) is 4.21. The van der Waals surface area contributed by atoms with Crippen LogP contribution in [0.25, 0.3) is 10.9 Å². The lowest BCUT2D eigenvalue weighted by atomic mass is 10.1. The minimum Gasteiger partial charge on any atom is -0.493 e. The van der Waals surface area contributed by atoms with Crippen molar-refractivity contribution in [2.24, 2.45) is 0 Å². The first-order valence-corrected chi connectivity index (χ1v) is 13.1. The minimum absolute atomic E-state index is 0.173. The van der Waals surface area contributed by atoms with Crippen LogP contribution >= 0.6 is 0 Å². The Morgan fingerprint density at radius 2 is 1.74 bits per heavy atom. The standard InChI is InChI=1S/C26H37F2N5O2/c1-34-22-17-20-21(18-23(22)35-16-6-13-32-11-4-5-12-32)30-25(33-14-9-26(27,28)10-15-33)31-24(20)29-19-7-2-3-8-19/h17-19H,2-16H2,1H3,(H,29,30,31). The quantitative estimate of drug-likeness (QED) is 0.492. The van der Waals surface area contributed by atoms with E-state index in [4.69, 9.17) is 19.4 Å². The number of alkyl halides is 2. The SMILES string of the molecule is COc1cc2c(NC3CCCC3)nc(N3CCC(F)(F)CC3)nc2cc1OCCCN1CCCC1. The van der Waals surface area contributed by atoms with E-state index in [1.807, 2.05) is 17.0 Å². The Morgan fingerprint density at radius 3 is 2.46 bits per heavy atom. The van der Waals surface area contributed by atoms with E-state index in [1.54, 1.807) is 7.11 Å². The fourth-order valence-electron chi connectivity index (χ4n) is 5.42. The summed E-state index contributed by atoms with van der Waals surface area (Å²) in [5.74, 6) is -0.0567. The van der Waals surface area contributed by atoms with Crippen molar-refractivity contribution >= 4 is 22.7 Å². The van der Waals surface area contributed by atoms with Crippen molar-refractivity contribution in [3.63, 3.8) is 0 Å². The molecule has 1 aliphatic carbocycles. The third kappa shape index (κ3) is 5.88. The van der Waals surface area contributed by atoms with Gasteiger partial charge in [-0.2, -0.15) is 4.98 Å². The average molecular weight is 490 g/mol. The summed E-state index contributed by atoms with van der Waals surface area (Å²) in [6.45, 7) is 4.49. The predicted molar refractivity (Wildman–Crippen MR) is 134 cm³/mol. The van der Waals surface area contributed by atoms with E-state index in [0.29, 0.717) is 30.1 Å². The molecule has 9 heteroatoms. The summed E-state index contributed by atoms with van der Waals surface area (Å²) in [6.07, 6.45) is 7.79. The maximum atomic E-state index is 13.8. The fourth-order valence-corrected chi connectivity index (χ4v) is 5.42. The predicted octanol–water partition coefficient (Wildman–Crippen LogP) is 5.09. The number of hydrogen-bond donors (Lipinski definition) is 1. The van der Waals surface area contributed by atoms with Crippen LogP contribution in [0.2, 0.25) is 0 Å². The molecule has 2 aliphatic heterocycles. The van der Waals surface area contributed by atoms with Crippen molar-refractivity contribution in [2.75, 3.05) is 56.7 Å². The van der Waals surface area contributed by atoms with Crippen molar-refractivity contribution in [1.82, 2.24) is 14.9 Å². The van der Waals surface area contributed by atoms with E-state index in [0.717, 1.165) is 42.5 Å². The Labute approximate surface area is 206 Å². The fraction of sp³-hybridized carbons (Fsp3) is 0.692. The largest absolute Gasteiger partial charge is 0.493 e. The van der Waals surface area contributed by atoms with Crippen molar-refractivity contribution in [2.45, 2.75) is 69.8 Å². The first kappa shape index (κ1) is 24.3. The number of nitrogens with zero attached hydrogens (tertiary/aromatic N) is 4. The van der Waals surface area contributed by atoms with Gasteiger partial charge in [0, 0.05) is 50.0 Å². The van der Waals surface area contributed by atoms with Crippen LogP contribution in [-0.4, -0.2) is 73.3 Å². The van der Waals surface area contributed by atoms with Gasteiger partial charge in [0.15, 0.2) is 11.5 Å². The lowest BCUT2D eigenvalue weighted by molar-refractivity contribution is -0.0222. The number of methoxy groups -OCH3 is 1. The van der Waals surface area contributed by atoms with E-state index >= 15 is 0 Å². The van der Waals surface area contributed by atoms with Gasteiger partial charge in [-0.3, -0.25) is 0 Å². The van der Waals surface area contributed by atoms with Crippen LogP contribution < -0.4 is 19.7 Å². The van der Waals surface area contributed by atoms with Crippen molar-refractivity contribution in [3.05, 3.63) is 12.1 Å². The monoisotopic (exact) mass is 489 g/mol. The lowest BCUT2D eigenvalue weighted by Gasteiger charge is -2.32. The number of halogens is 2. The van der Waals surface area contributed by atoms with Gasteiger partial charge in [0.25, 0.3) is 5.92 Å². The number of benzene rings is 1. The first-order chi connectivity index (χ1) is 17.0. The summed E-state index contributed by atoms with van der Waals surface area (Å²) in [7, 11) is 1.64. The van der Waals surface area contributed by atoms with E-state index in [2.05, 4.69) is 10.2 Å². The second-order valence-corrected chi connectivity index (χ2v) is 10.1. The highest BCUT2D eigenvalue weighted by Gasteiger charge is 2.35. The van der Waals surface area contributed by atoms with Gasteiger partial charge in [-0.1, -0.05) is 12.8 Å². The number of ether oxygens (including phenoxy) is 2. The van der Waals surface area contributed by atoms with E-state index in [1.165, 1.54) is 38.8 Å². The lowest BCUT2D eigenvalue weighted by Crippen LogP contribution is -2.40. The molecule has 1 N–H and O–H groups in total. The Kier molecular flexibility index (Phi) is 7.41. The zero-order chi connectivity index (χ0) is 24.3. The number of nitrogens with one attached hydrogen (secondary N) is 1. The summed E-state index contributed by atoms with van der Waals surface area (Å²) in [5.41, 5.74) is 0.739. The Bertz CT molecular complexity index is 999. The normalized spacial score (nSPS) is 21.1. The molecule has 3 fully saturated rings. The molecular weight excluding hydrogens is 452 g/mol. The smallest absolute Gasteiger partial charge is 0.251 e. The van der Waals surface area contributed by atoms with Crippen LogP contribution in [0.5, 0.6) is 11.5 Å². The summed E-state index contributed by atoms with van der Waals surface area (Å²) in [4.78, 5) is 14.0. The highest BCUT2D eigenvalue weighted by molar-refractivity contribution is 5.93. The molecule has 0 spiro atoms. The van der Waals surface area contributed by atoms with Crippen LogP contribution in [0.15, 0.2) is 12.1 Å². The molecule has 3 aliphatic rings. The number of aromatic nitrogens is 2. The molecule has 0 radical (unpaired) electrons. The average Bonchev–Trinajstić information content (AvgIpc) is 3.56. The van der Waals surface area contributed by atoms with E-state index in [-0.39, 0.29) is 25.9 Å². The first-order valence-electron chi connectivity index (χ1n) is 13.1. The van der Waals surface area contributed by atoms with Crippen molar-refractivity contribution in [3.8, 4) is 11.5 Å². The summed E-state index contributed by atoms with van der Waals surface area (Å²) < 4.78 is 39.3. The minimum atomic E-state index is -2.61. The highest BCUT2D eigenvalue weighted by Crippen LogP contribution is 2.37. The molecule has 5 rings (SSSR count). The van der Waals surface area contributed by atoms with Gasteiger partial charge in [0.05, 0.1) is 19.2 Å². The molecule has 1 saturated carbocycles. The molecule has 3 heterocycles.